The van der Waals surface area contributed by atoms with Crippen molar-refractivity contribution in [2.24, 2.45) is 0 Å². The minimum Gasteiger partial charge on any atom is -0.468 e. The molecule has 6 heteroatoms. The smallest absolute Gasteiger partial charge is 0.268 e. The van der Waals surface area contributed by atoms with Crippen LogP contribution in [0.4, 0.5) is 0 Å². The maximum atomic E-state index is 13.3. The molecule has 0 unspecified atom stereocenters. The molecule has 0 N–H and O–H groups in total. The van der Waals surface area contributed by atoms with Gasteiger partial charge in [-0.25, -0.2) is 0 Å². The summed E-state index contributed by atoms with van der Waals surface area (Å²) in [5.74, 6) is 0.710. The molecule has 0 fully saturated rings. The number of furan rings is 1. The Morgan fingerprint density at radius 3 is 2.48 bits per heavy atom. The first-order valence-corrected chi connectivity index (χ1v) is 10.3. The van der Waals surface area contributed by atoms with E-state index in [1.54, 1.807) is 18.7 Å². The van der Waals surface area contributed by atoms with Crippen LogP contribution < -0.4 is 0 Å². The van der Waals surface area contributed by atoms with Gasteiger partial charge in [-0.2, -0.15) is 0 Å². The summed E-state index contributed by atoms with van der Waals surface area (Å²) in [5, 5.41) is 0. The summed E-state index contributed by atoms with van der Waals surface area (Å²) < 4.78 is 5.39. The molecule has 146 valence electrons. The number of pyridine rings is 1. The summed E-state index contributed by atoms with van der Waals surface area (Å²) in [5.41, 5.74) is 4.32. The summed E-state index contributed by atoms with van der Waals surface area (Å²) in [6.07, 6.45) is 4.92. The largest absolute Gasteiger partial charge is 0.468 e. The van der Waals surface area contributed by atoms with Gasteiger partial charge in [0.05, 0.1) is 29.0 Å². The Morgan fingerprint density at radius 2 is 1.79 bits per heavy atom. The molecule has 0 bridgehead atoms. The van der Waals surface area contributed by atoms with E-state index in [4.69, 9.17) is 4.42 Å². The maximum Gasteiger partial charge on any atom is 0.268 e. The molecule has 3 aromatic rings. The van der Waals surface area contributed by atoms with Crippen molar-refractivity contribution in [1.82, 2.24) is 9.88 Å². The van der Waals surface area contributed by atoms with Gasteiger partial charge in [0.1, 0.15) is 5.76 Å². The van der Waals surface area contributed by atoms with Crippen molar-refractivity contribution in [2.75, 3.05) is 0 Å². The predicted octanol–water partition coefficient (Wildman–Crippen LogP) is 4.50. The zero-order valence-electron chi connectivity index (χ0n) is 16.2. The molecule has 0 spiro atoms. The van der Waals surface area contributed by atoms with Crippen molar-refractivity contribution in [2.45, 2.75) is 26.1 Å². The first-order chi connectivity index (χ1) is 14.0. The summed E-state index contributed by atoms with van der Waals surface area (Å²) >= 11 is 1.34. The minimum absolute atomic E-state index is 0.222. The van der Waals surface area contributed by atoms with Crippen LogP contribution in [0.25, 0.3) is 5.57 Å². The quantitative estimate of drug-likeness (QED) is 0.566. The lowest BCUT2D eigenvalue weighted by Gasteiger charge is -2.15. The van der Waals surface area contributed by atoms with E-state index < -0.39 is 0 Å². The highest BCUT2D eigenvalue weighted by Crippen LogP contribution is 2.38. The van der Waals surface area contributed by atoms with E-state index in [1.165, 1.54) is 16.7 Å². The Bertz CT molecular complexity index is 1090. The molecule has 0 saturated carbocycles. The molecule has 1 aliphatic rings. The van der Waals surface area contributed by atoms with E-state index in [9.17, 15) is 9.59 Å². The third-order valence-electron chi connectivity index (χ3n) is 4.95. The molecule has 0 atom stereocenters. The highest BCUT2D eigenvalue weighted by molar-refractivity contribution is 8.03. The van der Waals surface area contributed by atoms with Gasteiger partial charge < -0.3 is 4.42 Å². The van der Waals surface area contributed by atoms with Gasteiger partial charge in [0, 0.05) is 12.4 Å². The van der Waals surface area contributed by atoms with Crippen LogP contribution in [0.3, 0.4) is 0 Å². The van der Waals surface area contributed by atoms with Crippen molar-refractivity contribution in [3.8, 4) is 0 Å². The number of thioether (sulfide) groups is 1. The monoisotopic (exact) mass is 404 g/mol. The van der Waals surface area contributed by atoms with E-state index in [0.717, 1.165) is 28.0 Å². The molecule has 3 heterocycles. The molecule has 0 radical (unpaired) electrons. The van der Waals surface area contributed by atoms with Gasteiger partial charge in [-0.1, -0.05) is 18.2 Å². The molecule has 5 nitrogen and oxygen atoms in total. The molecular formula is C23H20N2O3S. The fourth-order valence-electron chi connectivity index (χ4n) is 3.19. The molecular weight excluding hydrogens is 384 g/mol. The lowest BCUT2D eigenvalue weighted by molar-refractivity contribution is -0.137. The maximum absolute atomic E-state index is 13.3. The number of aromatic nitrogens is 1. The van der Waals surface area contributed by atoms with E-state index in [2.05, 4.69) is 4.98 Å². The third-order valence-corrected chi connectivity index (χ3v) is 6.05. The molecule has 29 heavy (non-hydrogen) atoms. The van der Waals surface area contributed by atoms with Crippen LogP contribution in [0, 0.1) is 13.8 Å². The highest BCUT2D eigenvalue weighted by Gasteiger charge is 2.39. The number of carbonyl (C=O) groups is 2. The van der Waals surface area contributed by atoms with Crippen molar-refractivity contribution in [3.05, 3.63) is 94.0 Å². The van der Waals surface area contributed by atoms with Crippen LogP contribution >= 0.6 is 11.8 Å². The van der Waals surface area contributed by atoms with E-state index >= 15 is 0 Å². The summed E-state index contributed by atoms with van der Waals surface area (Å²) in [7, 11) is 0. The van der Waals surface area contributed by atoms with Crippen molar-refractivity contribution in [3.63, 3.8) is 0 Å². The number of carbonyl (C=O) groups excluding carboxylic acids is 2. The molecule has 2 aromatic heterocycles. The molecule has 2 amide bonds. The Balaban J connectivity index is 1.70. The average molecular weight is 404 g/mol. The van der Waals surface area contributed by atoms with Gasteiger partial charge in [0.15, 0.2) is 0 Å². The van der Waals surface area contributed by atoms with Crippen LogP contribution in [-0.4, -0.2) is 21.7 Å². The Morgan fingerprint density at radius 1 is 1.00 bits per heavy atom. The zero-order valence-corrected chi connectivity index (χ0v) is 17.0. The summed E-state index contributed by atoms with van der Waals surface area (Å²) in [4.78, 5) is 32.2. The van der Waals surface area contributed by atoms with E-state index in [1.807, 2.05) is 56.3 Å². The second kappa shape index (κ2) is 8.09. The van der Waals surface area contributed by atoms with Crippen LogP contribution in [0.2, 0.25) is 0 Å². The van der Waals surface area contributed by atoms with Gasteiger partial charge in [0.25, 0.3) is 11.8 Å². The Kier molecular flexibility index (Phi) is 5.36. The van der Waals surface area contributed by atoms with Gasteiger partial charge in [-0.3, -0.25) is 19.5 Å². The van der Waals surface area contributed by atoms with Gasteiger partial charge in [-0.05, 0) is 60.4 Å². The fraction of sp³-hybridized carbons (Fsp3) is 0.174. The average Bonchev–Trinajstić information content (AvgIpc) is 3.32. The number of nitrogens with zero attached hydrogens (tertiary/aromatic N) is 2. The number of rotatable bonds is 6. The van der Waals surface area contributed by atoms with Crippen LogP contribution in [0.1, 0.15) is 28.0 Å². The third kappa shape index (κ3) is 3.89. The van der Waals surface area contributed by atoms with Gasteiger partial charge >= 0.3 is 0 Å². The van der Waals surface area contributed by atoms with Gasteiger partial charge in [-0.15, -0.1) is 11.8 Å². The minimum atomic E-state index is -0.267. The number of imide groups is 1. The van der Waals surface area contributed by atoms with Crippen LogP contribution in [0.15, 0.2) is 70.4 Å². The van der Waals surface area contributed by atoms with Crippen molar-refractivity contribution in [1.29, 1.82) is 0 Å². The van der Waals surface area contributed by atoms with Crippen LogP contribution in [0.5, 0.6) is 0 Å². The molecule has 0 aliphatic carbocycles. The summed E-state index contributed by atoms with van der Waals surface area (Å²) in [6.45, 7) is 4.25. The number of hydrogen-bond acceptors (Lipinski definition) is 5. The SMILES string of the molecule is Cc1ccc(C2=C(SCc3ccco3)C(=O)N(Cc3ccncc3)C2=O)cc1C. The second-order valence-electron chi connectivity index (χ2n) is 6.92. The van der Waals surface area contributed by atoms with Gasteiger partial charge in [0.2, 0.25) is 0 Å². The highest BCUT2D eigenvalue weighted by atomic mass is 32.2. The topological polar surface area (TPSA) is 63.4 Å². The zero-order chi connectivity index (χ0) is 20.4. The first-order valence-electron chi connectivity index (χ1n) is 9.27. The lowest BCUT2D eigenvalue weighted by atomic mass is 10.0. The second-order valence-corrected chi connectivity index (χ2v) is 7.91. The standard InChI is InChI=1S/C23H20N2O3S/c1-15-5-6-18(12-16(15)2)20-21(29-14-19-4-3-11-28-19)23(27)25(22(20)26)13-17-7-9-24-10-8-17/h3-12H,13-14H2,1-2H3. The van der Waals surface area contributed by atoms with Crippen LogP contribution in [-0.2, 0) is 21.9 Å². The number of hydrogen-bond donors (Lipinski definition) is 0. The van der Waals surface area contributed by atoms with E-state index in [-0.39, 0.29) is 18.4 Å². The number of benzene rings is 1. The molecule has 0 saturated heterocycles. The lowest BCUT2D eigenvalue weighted by Crippen LogP contribution is -2.30. The summed E-state index contributed by atoms with van der Waals surface area (Å²) in [6, 6.07) is 13.2. The molecule has 4 rings (SSSR count). The van der Waals surface area contributed by atoms with E-state index in [0.29, 0.717) is 16.2 Å². The number of amides is 2. The molecule has 1 aromatic carbocycles. The predicted molar refractivity (Wildman–Crippen MR) is 113 cm³/mol. The number of aryl methyl sites for hydroxylation is 2. The first kappa shape index (κ1) is 19.2. The van der Waals surface area contributed by atoms with Crippen molar-refractivity contribution >= 4 is 29.1 Å². The Hall–Kier alpha value is -3.12. The Labute approximate surface area is 173 Å². The normalized spacial score (nSPS) is 14.2. The molecule has 1 aliphatic heterocycles. The fourth-order valence-corrected chi connectivity index (χ4v) is 4.23. The van der Waals surface area contributed by atoms with Crippen molar-refractivity contribution < 1.29 is 14.0 Å².